The summed E-state index contributed by atoms with van der Waals surface area (Å²) in [5.41, 5.74) is 1.24. The van der Waals surface area contributed by atoms with Crippen LogP contribution in [0, 0.1) is 6.92 Å². The minimum Gasteiger partial charge on any atom is -0.492 e. The van der Waals surface area contributed by atoms with E-state index in [1.165, 1.54) is 19.1 Å². The smallest absolute Gasteiger partial charge is 0.336 e. The van der Waals surface area contributed by atoms with Crippen molar-refractivity contribution >= 4 is 11.9 Å². The van der Waals surface area contributed by atoms with Crippen molar-refractivity contribution in [3.05, 3.63) is 53.1 Å². The SMILES string of the molecule is Cc1c(C(=O)O)ccc(-c2ccccc2OCCN(C)C)c1C(=O)O. The van der Waals surface area contributed by atoms with Crippen LogP contribution in [-0.4, -0.2) is 54.3 Å². The minimum atomic E-state index is -1.17. The van der Waals surface area contributed by atoms with Gasteiger partial charge in [-0.1, -0.05) is 24.3 Å². The lowest BCUT2D eigenvalue weighted by Crippen LogP contribution is -2.19. The molecular formula is C19H21NO5. The maximum Gasteiger partial charge on any atom is 0.336 e. The number of carbonyl (C=O) groups is 2. The maximum absolute atomic E-state index is 11.8. The van der Waals surface area contributed by atoms with E-state index in [1.54, 1.807) is 18.2 Å². The molecule has 2 aromatic rings. The fourth-order valence-electron chi connectivity index (χ4n) is 2.60. The summed E-state index contributed by atoms with van der Waals surface area (Å²) < 4.78 is 5.80. The number of hydrogen-bond acceptors (Lipinski definition) is 4. The van der Waals surface area contributed by atoms with Gasteiger partial charge in [0.15, 0.2) is 0 Å². The molecule has 0 atom stereocenters. The van der Waals surface area contributed by atoms with E-state index in [0.717, 1.165) is 6.54 Å². The first-order chi connectivity index (χ1) is 11.8. The van der Waals surface area contributed by atoms with Gasteiger partial charge in [-0.3, -0.25) is 0 Å². The summed E-state index contributed by atoms with van der Waals surface area (Å²) >= 11 is 0. The normalized spacial score (nSPS) is 10.7. The Labute approximate surface area is 146 Å². The molecule has 0 amide bonds. The molecule has 0 bridgehead atoms. The fourth-order valence-corrected chi connectivity index (χ4v) is 2.60. The van der Waals surface area contributed by atoms with Crippen LogP contribution in [0.2, 0.25) is 0 Å². The van der Waals surface area contributed by atoms with Crippen molar-refractivity contribution in [1.82, 2.24) is 4.90 Å². The van der Waals surface area contributed by atoms with Crippen LogP contribution in [0.15, 0.2) is 36.4 Å². The third-order valence-electron chi connectivity index (χ3n) is 3.88. The van der Waals surface area contributed by atoms with Crippen molar-refractivity contribution in [1.29, 1.82) is 0 Å². The number of para-hydroxylation sites is 1. The van der Waals surface area contributed by atoms with E-state index in [2.05, 4.69) is 0 Å². The second-order valence-corrected chi connectivity index (χ2v) is 5.92. The zero-order valence-corrected chi connectivity index (χ0v) is 14.4. The van der Waals surface area contributed by atoms with Crippen LogP contribution < -0.4 is 4.74 Å². The first-order valence-electron chi connectivity index (χ1n) is 7.80. The zero-order chi connectivity index (χ0) is 18.6. The second kappa shape index (κ2) is 7.81. The lowest BCUT2D eigenvalue weighted by molar-refractivity contribution is 0.0696. The molecular weight excluding hydrogens is 322 g/mol. The van der Waals surface area contributed by atoms with Crippen LogP contribution in [0.3, 0.4) is 0 Å². The predicted molar refractivity (Wildman–Crippen MR) is 94.6 cm³/mol. The number of nitrogens with zero attached hydrogens (tertiary/aromatic N) is 1. The Morgan fingerprint density at radius 1 is 1.00 bits per heavy atom. The van der Waals surface area contributed by atoms with E-state index >= 15 is 0 Å². The second-order valence-electron chi connectivity index (χ2n) is 5.92. The molecule has 132 valence electrons. The summed E-state index contributed by atoms with van der Waals surface area (Å²) in [6.45, 7) is 2.68. The average Bonchev–Trinajstić information content (AvgIpc) is 2.54. The Kier molecular flexibility index (Phi) is 5.77. The Hall–Kier alpha value is -2.86. The van der Waals surface area contributed by atoms with Gasteiger partial charge < -0.3 is 19.8 Å². The van der Waals surface area contributed by atoms with Gasteiger partial charge in [0.25, 0.3) is 0 Å². The molecule has 0 saturated heterocycles. The van der Waals surface area contributed by atoms with Crippen molar-refractivity contribution in [3.8, 4) is 16.9 Å². The number of aromatic carboxylic acids is 2. The Morgan fingerprint density at radius 2 is 1.68 bits per heavy atom. The third-order valence-corrected chi connectivity index (χ3v) is 3.88. The largest absolute Gasteiger partial charge is 0.492 e. The summed E-state index contributed by atoms with van der Waals surface area (Å²) in [6.07, 6.45) is 0. The summed E-state index contributed by atoms with van der Waals surface area (Å²) in [6, 6.07) is 10.1. The molecule has 2 N–H and O–H groups in total. The van der Waals surface area contributed by atoms with Crippen LogP contribution in [0.1, 0.15) is 26.3 Å². The Bertz CT molecular complexity index is 798. The lowest BCUT2D eigenvalue weighted by Gasteiger charge is -2.16. The van der Waals surface area contributed by atoms with Crippen LogP contribution in [0.25, 0.3) is 11.1 Å². The number of hydrogen-bond donors (Lipinski definition) is 2. The van der Waals surface area contributed by atoms with Gasteiger partial charge in [-0.15, -0.1) is 0 Å². The molecule has 0 aliphatic heterocycles. The van der Waals surface area contributed by atoms with Gasteiger partial charge in [0.1, 0.15) is 12.4 Å². The summed E-state index contributed by atoms with van der Waals surface area (Å²) in [4.78, 5) is 25.0. The monoisotopic (exact) mass is 343 g/mol. The summed E-state index contributed by atoms with van der Waals surface area (Å²) in [5.74, 6) is -1.75. The number of ether oxygens (including phenoxy) is 1. The topological polar surface area (TPSA) is 87.1 Å². The molecule has 6 nitrogen and oxygen atoms in total. The zero-order valence-electron chi connectivity index (χ0n) is 14.4. The van der Waals surface area contributed by atoms with E-state index in [0.29, 0.717) is 23.5 Å². The minimum absolute atomic E-state index is 0.0212. The quantitative estimate of drug-likeness (QED) is 0.804. The number of benzene rings is 2. The third kappa shape index (κ3) is 4.16. The standard InChI is InChI=1S/C19H21NO5/c1-12-13(18(21)22)8-9-15(17(12)19(23)24)14-6-4-5-7-16(14)25-11-10-20(2)3/h4-9H,10-11H2,1-3H3,(H,21,22)(H,23,24). The highest BCUT2D eigenvalue weighted by atomic mass is 16.5. The molecule has 0 radical (unpaired) electrons. The van der Waals surface area contributed by atoms with Crippen molar-refractivity contribution in [3.63, 3.8) is 0 Å². The molecule has 0 heterocycles. The number of likely N-dealkylation sites (N-methyl/N-ethyl adjacent to an activating group) is 1. The highest BCUT2D eigenvalue weighted by Gasteiger charge is 2.21. The van der Waals surface area contributed by atoms with Gasteiger partial charge in [-0.05, 0) is 38.7 Å². The van der Waals surface area contributed by atoms with E-state index in [1.807, 2.05) is 25.1 Å². The van der Waals surface area contributed by atoms with E-state index in [-0.39, 0.29) is 16.7 Å². The number of carboxylic acid groups (broad SMARTS) is 2. The average molecular weight is 343 g/mol. The van der Waals surface area contributed by atoms with Crippen molar-refractivity contribution in [2.75, 3.05) is 27.2 Å². The van der Waals surface area contributed by atoms with Gasteiger partial charge in [0.2, 0.25) is 0 Å². The number of rotatable bonds is 7. The van der Waals surface area contributed by atoms with Crippen molar-refractivity contribution < 1.29 is 24.5 Å². The first-order valence-corrected chi connectivity index (χ1v) is 7.80. The fraction of sp³-hybridized carbons (Fsp3) is 0.263. The molecule has 25 heavy (non-hydrogen) atoms. The highest BCUT2D eigenvalue weighted by molar-refractivity contribution is 6.02. The van der Waals surface area contributed by atoms with Gasteiger partial charge in [-0.2, -0.15) is 0 Å². The molecule has 0 fully saturated rings. The van der Waals surface area contributed by atoms with Crippen molar-refractivity contribution in [2.24, 2.45) is 0 Å². The first kappa shape index (κ1) is 18.5. The molecule has 0 aliphatic carbocycles. The molecule has 2 aromatic carbocycles. The molecule has 2 rings (SSSR count). The Balaban J connectivity index is 2.53. The lowest BCUT2D eigenvalue weighted by atomic mass is 9.92. The van der Waals surface area contributed by atoms with E-state index < -0.39 is 11.9 Å². The van der Waals surface area contributed by atoms with Gasteiger partial charge in [0, 0.05) is 17.7 Å². The predicted octanol–water partition coefficient (Wildman–Crippen LogP) is 3.00. The molecule has 0 aliphatic rings. The summed E-state index contributed by atoms with van der Waals surface area (Å²) in [5, 5.41) is 18.8. The molecule has 0 saturated carbocycles. The van der Waals surface area contributed by atoms with Crippen molar-refractivity contribution in [2.45, 2.75) is 6.92 Å². The molecule has 0 aromatic heterocycles. The van der Waals surface area contributed by atoms with Crippen LogP contribution >= 0.6 is 0 Å². The van der Waals surface area contributed by atoms with Crippen LogP contribution in [0.4, 0.5) is 0 Å². The van der Waals surface area contributed by atoms with Gasteiger partial charge in [0.05, 0.1) is 11.1 Å². The van der Waals surface area contributed by atoms with Crippen LogP contribution in [-0.2, 0) is 0 Å². The van der Waals surface area contributed by atoms with Crippen LogP contribution in [0.5, 0.6) is 5.75 Å². The molecule has 0 spiro atoms. The molecule has 6 heteroatoms. The van der Waals surface area contributed by atoms with E-state index in [9.17, 15) is 19.8 Å². The van der Waals surface area contributed by atoms with Gasteiger partial charge >= 0.3 is 11.9 Å². The summed E-state index contributed by atoms with van der Waals surface area (Å²) in [7, 11) is 3.87. The maximum atomic E-state index is 11.8. The molecule has 0 unspecified atom stereocenters. The number of carboxylic acids is 2. The highest BCUT2D eigenvalue weighted by Crippen LogP contribution is 2.34. The Morgan fingerprint density at radius 3 is 2.28 bits per heavy atom. The van der Waals surface area contributed by atoms with Gasteiger partial charge in [-0.25, -0.2) is 9.59 Å². The van der Waals surface area contributed by atoms with E-state index in [4.69, 9.17) is 4.74 Å².